The lowest BCUT2D eigenvalue weighted by molar-refractivity contribution is -0.0733. The van der Waals surface area contributed by atoms with Crippen LogP contribution in [0.5, 0.6) is 0 Å². The molecule has 1 aliphatic rings. The summed E-state index contributed by atoms with van der Waals surface area (Å²) in [5.74, 6) is -0.213. The number of hydrogen-bond acceptors (Lipinski definition) is 4. The van der Waals surface area contributed by atoms with Gasteiger partial charge in [0.1, 0.15) is 5.54 Å². The molecule has 2 aromatic carbocycles. The molecule has 0 unspecified atom stereocenters. The summed E-state index contributed by atoms with van der Waals surface area (Å²) in [7, 11) is -3.26. The van der Waals surface area contributed by atoms with Crippen LogP contribution in [0.4, 0.5) is 0 Å². The van der Waals surface area contributed by atoms with Crippen LogP contribution < -0.4 is 5.32 Å². The molecule has 0 spiro atoms. The SMILES string of the molecule is CCS(=O)(=O)c1ccc(C(=O)NC2(c3ccccc3)COC2)cc1. The number of hydrogen-bond donors (Lipinski definition) is 1. The molecular weight excluding hydrogens is 326 g/mol. The van der Waals surface area contributed by atoms with Gasteiger partial charge in [0.05, 0.1) is 23.9 Å². The number of ether oxygens (including phenoxy) is 1. The van der Waals surface area contributed by atoms with Crippen molar-refractivity contribution >= 4 is 15.7 Å². The van der Waals surface area contributed by atoms with Crippen LogP contribution in [0.25, 0.3) is 0 Å². The molecule has 0 bridgehead atoms. The topological polar surface area (TPSA) is 72.5 Å². The molecule has 1 heterocycles. The number of nitrogens with one attached hydrogen (secondary N) is 1. The van der Waals surface area contributed by atoms with E-state index in [-0.39, 0.29) is 16.6 Å². The van der Waals surface area contributed by atoms with Crippen LogP contribution >= 0.6 is 0 Å². The predicted octanol–water partition coefficient (Wildman–Crippen LogP) is 2.14. The van der Waals surface area contributed by atoms with E-state index in [1.807, 2.05) is 30.3 Å². The van der Waals surface area contributed by atoms with Gasteiger partial charge in [0.25, 0.3) is 5.91 Å². The molecule has 24 heavy (non-hydrogen) atoms. The fraction of sp³-hybridized carbons (Fsp3) is 0.278. The Kier molecular flexibility index (Phi) is 4.43. The molecule has 0 saturated carbocycles. The number of carbonyl (C=O) groups excluding carboxylic acids is 1. The van der Waals surface area contributed by atoms with Crippen molar-refractivity contribution in [1.29, 1.82) is 0 Å². The second-order valence-corrected chi connectivity index (χ2v) is 8.10. The zero-order valence-electron chi connectivity index (χ0n) is 13.4. The first-order valence-electron chi connectivity index (χ1n) is 7.75. The molecular formula is C18H19NO4S. The van der Waals surface area contributed by atoms with Crippen molar-refractivity contribution in [2.75, 3.05) is 19.0 Å². The summed E-state index contributed by atoms with van der Waals surface area (Å²) in [6, 6.07) is 15.7. The first kappa shape index (κ1) is 16.7. The molecule has 1 amide bonds. The maximum absolute atomic E-state index is 12.5. The number of amides is 1. The Morgan fingerprint density at radius 2 is 1.71 bits per heavy atom. The number of rotatable bonds is 5. The summed E-state index contributed by atoms with van der Waals surface area (Å²) in [5.41, 5.74) is 0.897. The van der Waals surface area contributed by atoms with Crippen molar-refractivity contribution in [1.82, 2.24) is 5.32 Å². The van der Waals surface area contributed by atoms with Crippen LogP contribution in [0.15, 0.2) is 59.5 Å². The zero-order valence-corrected chi connectivity index (χ0v) is 14.2. The maximum Gasteiger partial charge on any atom is 0.252 e. The Hall–Kier alpha value is -2.18. The van der Waals surface area contributed by atoms with Gasteiger partial charge < -0.3 is 10.1 Å². The lowest BCUT2D eigenvalue weighted by atomic mass is 9.87. The third-order valence-electron chi connectivity index (χ3n) is 4.23. The molecule has 1 aliphatic heterocycles. The molecule has 0 aromatic heterocycles. The highest BCUT2D eigenvalue weighted by molar-refractivity contribution is 7.91. The Morgan fingerprint density at radius 3 is 2.21 bits per heavy atom. The summed E-state index contributed by atoms with van der Waals surface area (Å²) in [6.07, 6.45) is 0. The molecule has 6 heteroatoms. The summed E-state index contributed by atoms with van der Waals surface area (Å²) >= 11 is 0. The van der Waals surface area contributed by atoms with Gasteiger partial charge >= 0.3 is 0 Å². The van der Waals surface area contributed by atoms with Crippen LogP contribution in [-0.2, 0) is 20.1 Å². The fourth-order valence-electron chi connectivity index (χ4n) is 2.64. The lowest BCUT2D eigenvalue weighted by Crippen LogP contribution is -2.59. The second-order valence-electron chi connectivity index (χ2n) is 5.82. The van der Waals surface area contributed by atoms with Gasteiger partial charge in [0.15, 0.2) is 9.84 Å². The van der Waals surface area contributed by atoms with E-state index in [1.54, 1.807) is 6.92 Å². The minimum atomic E-state index is -3.26. The van der Waals surface area contributed by atoms with Crippen LogP contribution in [0.3, 0.4) is 0 Å². The standard InChI is InChI=1S/C18H19NO4S/c1-2-24(21,22)16-10-8-14(9-11-16)17(20)19-18(12-23-13-18)15-6-4-3-5-7-15/h3-11H,2,12-13H2,1H3,(H,19,20). The van der Waals surface area contributed by atoms with E-state index >= 15 is 0 Å². The molecule has 1 saturated heterocycles. The van der Waals surface area contributed by atoms with Gasteiger partial charge in [-0.3, -0.25) is 4.79 Å². The molecule has 0 radical (unpaired) electrons. The molecule has 0 atom stereocenters. The second kappa shape index (κ2) is 6.37. The van der Waals surface area contributed by atoms with Crippen LogP contribution in [0.1, 0.15) is 22.8 Å². The summed E-state index contributed by atoms with van der Waals surface area (Å²) in [6.45, 7) is 2.44. The van der Waals surface area contributed by atoms with E-state index in [0.717, 1.165) is 5.56 Å². The van der Waals surface area contributed by atoms with Gasteiger partial charge in [-0.15, -0.1) is 0 Å². The molecule has 1 fully saturated rings. The summed E-state index contributed by atoms with van der Waals surface area (Å²) < 4.78 is 29.0. The molecule has 3 rings (SSSR count). The van der Waals surface area contributed by atoms with Gasteiger partial charge in [-0.2, -0.15) is 0 Å². The van der Waals surface area contributed by atoms with E-state index in [0.29, 0.717) is 18.8 Å². The largest absolute Gasteiger partial charge is 0.376 e. The van der Waals surface area contributed by atoms with Crippen molar-refractivity contribution in [2.45, 2.75) is 17.4 Å². The van der Waals surface area contributed by atoms with Crippen molar-refractivity contribution < 1.29 is 17.9 Å². The molecule has 0 aliphatic carbocycles. The number of carbonyl (C=O) groups is 1. The Balaban J connectivity index is 1.80. The molecule has 2 aromatic rings. The van der Waals surface area contributed by atoms with Gasteiger partial charge in [-0.1, -0.05) is 37.3 Å². The maximum atomic E-state index is 12.5. The monoisotopic (exact) mass is 345 g/mol. The molecule has 1 N–H and O–H groups in total. The highest BCUT2D eigenvalue weighted by atomic mass is 32.2. The first-order chi connectivity index (χ1) is 11.5. The first-order valence-corrected chi connectivity index (χ1v) is 9.41. The fourth-order valence-corrected chi connectivity index (χ4v) is 3.53. The zero-order chi connectivity index (χ0) is 17.2. The lowest BCUT2D eigenvalue weighted by Gasteiger charge is -2.42. The summed E-state index contributed by atoms with van der Waals surface area (Å²) in [5, 5.41) is 3.02. The Labute approximate surface area is 141 Å². The van der Waals surface area contributed by atoms with E-state index in [9.17, 15) is 13.2 Å². The predicted molar refractivity (Wildman–Crippen MR) is 90.6 cm³/mol. The van der Waals surface area contributed by atoms with Crippen molar-refractivity contribution in [3.63, 3.8) is 0 Å². The molecule has 5 nitrogen and oxygen atoms in total. The van der Waals surface area contributed by atoms with Crippen molar-refractivity contribution in [2.24, 2.45) is 0 Å². The minimum absolute atomic E-state index is 0.0347. The van der Waals surface area contributed by atoms with E-state index in [1.165, 1.54) is 24.3 Å². The van der Waals surface area contributed by atoms with Gasteiger partial charge in [0.2, 0.25) is 0 Å². The van der Waals surface area contributed by atoms with E-state index in [4.69, 9.17) is 4.74 Å². The average molecular weight is 345 g/mol. The Morgan fingerprint density at radius 1 is 1.08 bits per heavy atom. The highest BCUT2D eigenvalue weighted by Crippen LogP contribution is 2.29. The smallest absolute Gasteiger partial charge is 0.252 e. The van der Waals surface area contributed by atoms with Gasteiger partial charge in [-0.25, -0.2) is 8.42 Å². The van der Waals surface area contributed by atoms with Crippen LogP contribution in [0, 0.1) is 0 Å². The van der Waals surface area contributed by atoms with Crippen LogP contribution in [0.2, 0.25) is 0 Å². The van der Waals surface area contributed by atoms with Gasteiger partial charge in [0, 0.05) is 5.56 Å². The van der Waals surface area contributed by atoms with E-state index < -0.39 is 15.4 Å². The van der Waals surface area contributed by atoms with Crippen molar-refractivity contribution in [3.8, 4) is 0 Å². The third-order valence-corrected chi connectivity index (χ3v) is 5.98. The average Bonchev–Trinajstić information content (AvgIpc) is 2.59. The molecule has 126 valence electrons. The number of sulfone groups is 1. The minimum Gasteiger partial charge on any atom is -0.376 e. The number of benzene rings is 2. The van der Waals surface area contributed by atoms with Crippen molar-refractivity contribution in [3.05, 3.63) is 65.7 Å². The summed E-state index contributed by atoms with van der Waals surface area (Å²) in [4.78, 5) is 12.8. The normalized spacial score (nSPS) is 16.2. The van der Waals surface area contributed by atoms with Crippen LogP contribution in [-0.4, -0.2) is 33.3 Å². The van der Waals surface area contributed by atoms with E-state index in [2.05, 4.69) is 5.32 Å². The highest BCUT2D eigenvalue weighted by Gasteiger charge is 2.41. The Bertz CT molecular complexity index is 825. The quantitative estimate of drug-likeness (QED) is 0.901. The van der Waals surface area contributed by atoms with Gasteiger partial charge in [-0.05, 0) is 29.8 Å². The third kappa shape index (κ3) is 3.07.